The van der Waals surface area contributed by atoms with E-state index in [9.17, 15) is 14.7 Å². The van der Waals surface area contributed by atoms with Gasteiger partial charge < -0.3 is 14.8 Å². The third-order valence-electron chi connectivity index (χ3n) is 4.81. The zero-order chi connectivity index (χ0) is 16.1. The maximum absolute atomic E-state index is 12.6. The van der Waals surface area contributed by atoms with Crippen molar-refractivity contribution in [1.29, 1.82) is 0 Å². The lowest BCUT2D eigenvalue weighted by Crippen LogP contribution is -2.36. The normalized spacial score (nSPS) is 28.4. The first-order valence-electron chi connectivity index (χ1n) is 7.62. The number of carboxylic acids is 1. The zero-order valence-electron chi connectivity index (χ0n) is 12.5. The van der Waals surface area contributed by atoms with Crippen LogP contribution in [0.1, 0.15) is 12.3 Å². The van der Waals surface area contributed by atoms with E-state index in [4.69, 9.17) is 4.42 Å². The van der Waals surface area contributed by atoms with Crippen LogP contribution in [0.3, 0.4) is 0 Å². The van der Waals surface area contributed by atoms with Crippen molar-refractivity contribution >= 4 is 28.7 Å². The summed E-state index contributed by atoms with van der Waals surface area (Å²) in [6.07, 6.45) is 4.65. The number of hydrogen-bond acceptors (Lipinski definition) is 4. The standard InChI is InChI=1S/C17H16N2O4/c1-8-18-12-7-11(4-5-13(12)23-8)19-16(20)14-9-2-3-10(6-9)15(14)17(21)22/h2-5,7,9-10,14-15H,6H2,1H3,(H,19,20)(H,21,22)/t9-,10-,14+,15+/m0/s1. The average molecular weight is 312 g/mol. The lowest BCUT2D eigenvalue weighted by atomic mass is 9.82. The minimum absolute atomic E-state index is 0.0131. The Morgan fingerprint density at radius 3 is 2.74 bits per heavy atom. The van der Waals surface area contributed by atoms with Crippen LogP contribution in [-0.2, 0) is 9.59 Å². The van der Waals surface area contributed by atoms with Crippen LogP contribution in [0.25, 0.3) is 11.1 Å². The molecule has 0 saturated heterocycles. The van der Waals surface area contributed by atoms with Crippen molar-refractivity contribution < 1.29 is 19.1 Å². The molecule has 1 fully saturated rings. The van der Waals surface area contributed by atoms with Gasteiger partial charge in [-0.2, -0.15) is 0 Å². The van der Waals surface area contributed by atoms with Crippen molar-refractivity contribution in [2.45, 2.75) is 13.3 Å². The molecule has 6 nitrogen and oxygen atoms in total. The molecule has 2 N–H and O–H groups in total. The maximum Gasteiger partial charge on any atom is 0.307 e. The summed E-state index contributed by atoms with van der Waals surface area (Å²) in [5.41, 5.74) is 1.93. The average Bonchev–Trinajstić information content (AvgIpc) is 3.18. The summed E-state index contributed by atoms with van der Waals surface area (Å²) in [6.45, 7) is 1.76. The van der Waals surface area contributed by atoms with Crippen molar-refractivity contribution in [1.82, 2.24) is 4.98 Å². The first-order valence-corrected chi connectivity index (χ1v) is 7.62. The third kappa shape index (κ3) is 2.21. The summed E-state index contributed by atoms with van der Waals surface area (Å²) in [5.74, 6) is -1.75. The van der Waals surface area contributed by atoms with Crippen LogP contribution in [0.15, 0.2) is 34.8 Å². The summed E-state index contributed by atoms with van der Waals surface area (Å²) in [7, 11) is 0. The van der Waals surface area contributed by atoms with Crippen molar-refractivity contribution in [3.63, 3.8) is 0 Å². The number of aryl methyl sites for hydroxylation is 1. The number of nitrogens with one attached hydrogen (secondary N) is 1. The molecule has 2 aliphatic rings. The van der Waals surface area contributed by atoms with Crippen LogP contribution >= 0.6 is 0 Å². The number of amides is 1. The van der Waals surface area contributed by atoms with E-state index in [1.54, 1.807) is 25.1 Å². The molecule has 1 heterocycles. The van der Waals surface area contributed by atoms with Gasteiger partial charge in [0.25, 0.3) is 0 Å². The molecule has 1 amide bonds. The van der Waals surface area contributed by atoms with Gasteiger partial charge in [0.05, 0.1) is 11.8 Å². The van der Waals surface area contributed by atoms with E-state index in [0.717, 1.165) is 6.42 Å². The van der Waals surface area contributed by atoms with E-state index < -0.39 is 17.8 Å². The number of carbonyl (C=O) groups is 2. The second kappa shape index (κ2) is 4.94. The molecule has 4 rings (SSSR count). The number of rotatable bonds is 3. The molecule has 2 bridgehead atoms. The molecular weight excluding hydrogens is 296 g/mol. The van der Waals surface area contributed by atoms with Gasteiger partial charge in [-0.25, -0.2) is 4.98 Å². The summed E-state index contributed by atoms with van der Waals surface area (Å²) in [6, 6.07) is 5.23. The summed E-state index contributed by atoms with van der Waals surface area (Å²) >= 11 is 0. The lowest BCUT2D eigenvalue weighted by Gasteiger charge is -2.23. The number of nitrogens with zero attached hydrogens (tertiary/aromatic N) is 1. The highest BCUT2D eigenvalue weighted by atomic mass is 16.4. The Kier molecular flexibility index (Phi) is 3.01. The smallest absolute Gasteiger partial charge is 0.307 e. The molecule has 6 heteroatoms. The van der Waals surface area contributed by atoms with Crippen LogP contribution in [-0.4, -0.2) is 22.0 Å². The van der Waals surface area contributed by atoms with Crippen LogP contribution < -0.4 is 5.32 Å². The Morgan fingerprint density at radius 2 is 2.00 bits per heavy atom. The number of fused-ring (bicyclic) bond motifs is 3. The molecule has 2 aliphatic carbocycles. The minimum Gasteiger partial charge on any atom is -0.481 e. The fourth-order valence-electron chi connectivity index (χ4n) is 3.86. The van der Waals surface area contributed by atoms with Gasteiger partial charge >= 0.3 is 5.97 Å². The minimum atomic E-state index is -0.899. The lowest BCUT2D eigenvalue weighted by molar-refractivity contribution is -0.146. The molecule has 118 valence electrons. The second-order valence-electron chi connectivity index (χ2n) is 6.24. The first kappa shape index (κ1) is 14.0. The van der Waals surface area contributed by atoms with Crippen LogP contribution in [0.5, 0.6) is 0 Å². The number of carbonyl (C=O) groups excluding carboxylic acids is 1. The quantitative estimate of drug-likeness (QED) is 0.850. The Balaban J connectivity index is 1.58. The fraction of sp³-hybridized carbons (Fsp3) is 0.353. The Hall–Kier alpha value is -2.63. The number of aromatic nitrogens is 1. The maximum atomic E-state index is 12.6. The van der Waals surface area contributed by atoms with Gasteiger partial charge in [-0.1, -0.05) is 12.2 Å². The number of anilines is 1. The Bertz CT molecular complexity index is 838. The fourth-order valence-corrected chi connectivity index (χ4v) is 3.86. The Morgan fingerprint density at radius 1 is 1.26 bits per heavy atom. The number of hydrogen-bond donors (Lipinski definition) is 2. The summed E-state index contributed by atoms with van der Waals surface area (Å²) in [5, 5.41) is 12.3. The van der Waals surface area contributed by atoms with E-state index in [0.29, 0.717) is 22.7 Å². The predicted molar refractivity (Wildman–Crippen MR) is 82.7 cm³/mol. The van der Waals surface area contributed by atoms with Gasteiger partial charge in [0, 0.05) is 12.6 Å². The molecule has 0 aliphatic heterocycles. The Labute approximate surface area is 132 Å². The van der Waals surface area contributed by atoms with Crippen molar-refractivity contribution in [2.75, 3.05) is 5.32 Å². The van der Waals surface area contributed by atoms with Gasteiger partial charge in [-0.05, 0) is 36.5 Å². The highest BCUT2D eigenvalue weighted by molar-refractivity contribution is 5.97. The summed E-state index contributed by atoms with van der Waals surface area (Å²) < 4.78 is 5.41. The molecule has 0 radical (unpaired) electrons. The number of oxazole rings is 1. The zero-order valence-corrected chi connectivity index (χ0v) is 12.5. The molecule has 4 atom stereocenters. The topological polar surface area (TPSA) is 92.4 Å². The van der Waals surface area contributed by atoms with E-state index in [1.807, 2.05) is 12.2 Å². The number of aliphatic carboxylic acids is 1. The molecule has 1 aromatic carbocycles. The highest BCUT2D eigenvalue weighted by Crippen LogP contribution is 2.48. The highest BCUT2D eigenvalue weighted by Gasteiger charge is 2.51. The molecular formula is C17H16N2O4. The van der Waals surface area contributed by atoms with Gasteiger partial charge in [0.1, 0.15) is 5.52 Å². The van der Waals surface area contributed by atoms with Gasteiger partial charge in [0.2, 0.25) is 5.91 Å². The van der Waals surface area contributed by atoms with Gasteiger partial charge in [-0.3, -0.25) is 9.59 Å². The predicted octanol–water partition coefficient (Wildman–Crippen LogP) is 2.60. The van der Waals surface area contributed by atoms with Gasteiger partial charge in [0.15, 0.2) is 11.5 Å². The first-order chi connectivity index (χ1) is 11.0. The van der Waals surface area contributed by atoms with Crippen LogP contribution in [0, 0.1) is 30.6 Å². The molecule has 2 aromatic rings. The van der Waals surface area contributed by atoms with Crippen LogP contribution in [0.2, 0.25) is 0 Å². The number of benzene rings is 1. The van der Waals surface area contributed by atoms with E-state index in [1.165, 1.54) is 0 Å². The molecule has 1 saturated carbocycles. The molecule has 1 aromatic heterocycles. The molecule has 0 spiro atoms. The number of carboxylic acid groups (broad SMARTS) is 1. The number of allylic oxidation sites excluding steroid dienone is 2. The monoisotopic (exact) mass is 312 g/mol. The molecule has 23 heavy (non-hydrogen) atoms. The van der Waals surface area contributed by atoms with Crippen LogP contribution in [0.4, 0.5) is 5.69 Å². The summed E-state index contributed by atoms with van der Waals surface area (Å²) in [4.78, 5) is 28.3. The van der Waals surface area contributed by atoms with Crippen molar-refractivity contribution in [3.8, 4) is 0 Å². The van der Waals surface area contributed by atoms with Crippen molar-refractivity contribution in [3.05, 3.63) is 36.2 Å². The van der Waals surface area contributed by atoms with Gasteiger partial charge in [-0.15, -0.1) is 0 Å². The van der Waals surface area contributed by atoms with E-state index >= 15 is 0 Å². The second-order valence-corrected chi connectivity index (χ2v) is 6.24. The SMILES string of the molecule is Cc1nc2cc(NC(=O)[C@H]3[C@H](C(=O)O)[C@H]4C=C[C@H]3C4)ccc2o1. The van der Waals surface area contributed by atoms with E-state index in [-0.39, 0.29) is 17.7 Å². The van der Waals surface area contributed by atoms with E-state index in [2.05, 4.69) is 10.3 Å². The third-order valence-corrected chi connectivity index (χ3v) is 4.81. The van der Waals surface area contributed by atoms with Crippen molar-refractivity contribution in [2.24, 2.45) is 23.7 Å². The molecule has 0 unspecified atom stereocenters. The largest absolute Gasteiger partial charge is 0.481 e.